The number of unbranched alkanes of at least 4 members (excludes halogenated alkanes) is 27. The molecule has 0 rings (SSSR count). The van der Waals surface area contributed by atoms with Crippen molar-refractivity contribution in [3.05, 3.63) is 0 Å². The summed E-state index contributed by atoms with van der Waals surface area (Å²) in [6.45, 7) is 8.97. The van der Waals surface area contributed by atoms with Crippen LogP contribution in [0.4, 0.5) is 0 Å². The Labute approximate surface area is 366 Å². The van der Waals surface area contributed by atoms with Crippen LogP contribution in [0.15, 0.2) is 0 Å². The predicted molar refractivity (Wildman–Crippen MR) is 253 cm³/mol. The van der Waals surface area contributed by atoms with E-state index in [4.69, 9.17) is 14.2 Å². The molecular formula is C48H92O6S3. The van der Waals surface area contributed by atoms with Gasteiger partial charge in [-0.25, -0.2) is 0 Å². The molecule has 0 bridgehead atoms. The Morgan fingerprint density at radius 2 is 0.544 bits per heavy atom. The van der Waals surface area contributed by atoms with Gasteiger partial charge in [0.15, 0.2) is 0 Å². The van der Waals surface area contributed by atoms with Crippen LogP contribution < -0.4 is 0 Å². The molecule has 0 saturated carbocycles. The van der Waals surface area contributed by atoms with Crippen LogP contribution in [-0.4, -0.2) is 72.2 Å². The van der Waals surface area contributed by atoms with Crippen molar-refractivity contribution in [2.75, 3.05) is 54.3 Å². The molecule has 0 saturated heterocycles. The van der Waals surface area contributed by atoms with Crippen LogP contribution >= 0.6 is 35.3 Å². The van der Waals surface area contributed by atoms with Crippen molar-refractivity contribution in [3.8, 4) is 0 Å². The van der Waals surface area contributed by atoms with E-state index in [-0.39, 0.29) is 37.7 Å². The van der Waals surface area contributed by atoms with Crippen LogP contribution in [0.3, 0.4) is 0 Å². The summed E-state index contributed by atoms with van der Waals surface area (Å²) in [4.78, 5) is 38.3. The summed E-state index contributed by atoms with van der Waals surface area (Å²) < 4.78 is 17.3. The monoisotopic (exact) mass is 861 g/mol. The summed E-state index contributed by atoms with van der Waals surface area (Å²) in [5, 5.41) is 0. The molecule has 6 nitrogen and oxygen atoms in total. The van der Waals surface area contributed by atoms with Crippen molar-refractivity contribution in [2.45, 2.75) is 227 Å². The maximum atomic E-state index is 12.8. The lowest BCUT2D eigenvalue weighted by Crippen LogP contribution is -2.39. The number of esters is 3. The van der Waals surface area contributed by atoms with E-state index in [1.165, 1.54) is 173 Å². The summed E-state index contributed by atoms with van der Waals surface area (Å²) in [5.41, 5.74) is -0.759. The van der Waals surface area contributed by atoms with Gasteiger partial charge in [0.2, 0.25) is 0 Å². The number of carbonyl (C=O) groups excluding carboxylic acids is 3. The van der Waals surface area contributed by atoms with E-state index in [1.54, 1.807) is 35.3 Å². The lowest BCUT2D eigenvalue weighted by atomic mass is 9.88. The summed E-state index contributed by atoms with van der Waals surface area (Å²) in [6, 6.07) is 0. The second kappa shape index (κ2) is 45.0. The molecular weight excluding hydrogens is 769 g/mol. The van der Waals surface area contributed by atoms with Gasteiger partial charge in [-0.1, -0.05) is 201 Å². The molecule has 0 heterocycles. The van der Waals surface area contributed by atoms with Crippen molar-refractivity contribution < 1.29 is 28.6 Å². The summed E-state index contributed by atoms with van der Waals surface area (Å²) >= 11 is 4.88. The summed E-state index contributed by atoms with van der Waals surface area (Å²) in [7, 11) is 0. The van der Waals surface area contributed by atoms with Crippen LogP contribution in [0.1, 0.15) is 227 Å². The first-order valence-corrected chi connectivity index (χ1v) is 27.6. The van der Waals surface area contributed by atoms with Gasteiger partial charge in [-0.05, 0) is 42.9 Å². The molecule has 0 fully saturated rings. The van der Waals surface area contributed by atoms with Crippen molar-refractivity contribution in [2.24, 2.45) is 5.41 Å². The molecule has 0 aliphatic heterocycles. The first-order valence-electron chi connectivity index (χ1n) is 24.1. The van der Waals surface area contributed by atoms with Gasteiger partial charge in [0.1, 0.15) is 19.8 Å². The SMILES string of the molecule is CCCCCCCCCCCCSCC(=O)OCC(CC)(COC(=O)CSCCCCCCCCCCCC)COC(=O)CSCCCCCCCCCCCC. The first kappa shape index (κ1) is 56.5. The smallest absolute Gasteiger partial charge is 0.315 e. The van der Waals surface area contributed by atoms with Crippen LogP contribution in [0, 0.1) is 5.41 Å². The second-order valence-corrected chi connectivity index (χ2v) is 19.9. The quantitative estimate of drug-likeness (QED) is 0.0338. The minimum atomic E-state index is -0.759. The highest BCUT2D eigenvalue weighted by molar-refractivity contribution is 8.00. The standard InChI is InChI=1S/C48H92O6S3/c1-5-9-12-15-18-21-24-27-30-33-36-55-39-45(49)52-42-48(8-4,43-53-46(50)40-56-37-34-31-28-25-22-19-16-13-10-6-2)44-54-47(51)41-57-38-35-32-29-26-23-20-17-14-11-7-3/h5-44H2,1-4H3. The van der Waals surface area contributed by atoms with Gasteiger partial charge < -0.3 is 14.2 Å². The van der Waals surface area contributed by atoms with Gasteiger partial charge in [-0.15, -0.1) is 0 Å². The summed E-state index contributed by atoms with van der Waals surface area (Å²) in [5.74, 6) is 2.99. The van der Waals surface area contributed by atoms with Gasteiger partial charge in [-0.2, -0.15) is 35.3 Å². The minimum absolute atomic E-state index is 0.0687. The average Bonchev–Trinajstić information content (AvgIpc) is 3.22. The Morgan fingerprint density at radius 1 is 0.333 bits per heavy atom. The fourth-order valence-corrected chi connectivity index (χ4v) is 9.21. The maximum Gasteiger partial charge on any atom is 0.315 e. The van der Waals surface area contributed by atoms with Crippen LogP contribution in [0.25, 0.3) is 0 Å². The van der Waals surface area contributed by atoms with E-state index in [2.05, 4.69) is 20.8 Å². The fourth-order valence-electron chi connectivity index (χ4n) is 6.80. The Bertz CT molecular complexity index is 781. The molecule has 0 atom stereocenters. The zero-order valence-corrected chi connectivity index (χ0v) is 40.4. The van der Waals surface area contributed by atoms with Crippen molar-refractivity contribution in [1.82, 2.24) is 0 Å². The molecule has 9 heteroatoms. The van der Waals surface area contributed by atoms with Crippen molar-refractivity contribution >= 4 is 53.2 Å². The molecule has 338 valence electrons. The van der Waals surface area contributed by atoms with E-state index in [0.29, 0.717) is 23.7 Å². The van der Waals surface area contributed by atoms with Crippen molar-refractivity contribution in [3.63, 3.8) is 0 Å². The zero-order valence-electron chi connectivity index (χ0n) is 38.0. The van der Waals surface area contributed by atoms with Gasteiger partial charge >= 0.3 is 17.9 Å². The van der Waals surface area contributed by atoms with Gasteiger partial charge in [0.05, 0.1) is 22.7 Å². The molecule has 0 aliphatic rings. The van der Waals surface area contributed by atoms with Crippen molar-refractivity contribution in [1.29, 1.82) is 0 Å². The van der Waals surface area contributed by atoms with Gasteiger partial charge in [-0.3, -0.25) is 14.4 Å². The molecule has 0 unspecified atom stereocenters. The maximum absolute atomic E-state index is 12.8. The third-order valence-corrected chi connectivity index (χ3v) is 14.0. The predicted octanol–water partition coefficient (Wildman–Crippen LogP) is 15.0. The largest absolute Gasteiger partial charge is 0.464 e. The molecule has 0 N–H and O–H groups in total. The Morgan fingerprint density at radius 3 is 0.754 bits per heavy atom. The normalized spacial score (nSPS) is 11.6. The Kier molecular flexibility index (Phi) is 44.6. The van der Waals surface area contributed by atoms with Gasteiger partial charge in [0, 0.05) is 0 Å². The molecule has 0 aliphatic carbocycles. The number of rotatable bonds is 46. The number of hydrogen-bond acceptors (Lipinski definition) is 9. The Hall–Kier alpha value is -0.540. The molecule has 0 amide bonds. The number of ether oxygens (including phenoxy) is 3. The minimum Gasteiger partial charge on any atom is -0.464 e. The molecule has 0 aromatic carbocycles. The Balaban J connectivity index is 4.58. The van der Waals surface area contributed by atoms with Gasteiger partial charge in [0.25, 0.3) is 0 Å². The van der Waals surface area contributed by atoms with E-state index >= 15 is 0 Å². The van der Waals surface area contributed by atoms with E-state index in [0.717, 1.165) is 36.5 Å². The third-order valence-electron chi connectivity index (χ3n) is 11.0. The second-order valence-electron chi connectivity index (χ2n) is 16.5. The number of hydrogen-bond donors (Lipinski definition) is 0. The summed E-state index contributed by atoms with van der Waals surface area (Å²) in [6.07, 6.45) is 39.5. The molecule has 0 aromatic heterocycles. The molecule has 0 radical (unpaired) electrons. The molecule has 57 heavy (non-hydrogen) atoms. The highest BCUT2D eigenvalue weighted by Crippen LogP contribution is 2.26. The third kappa shape index (κ3) is 40.6. The fraction of sp³-hybridized carbons (Fsp3) is 0.938. The van der Waals surface area contributed by atoms with Crippen LogP contribution in [0.2, 0.25) is 0 Å². The highest BCUT2D eigenvalue weighted by atomic mass is 32.2. The molecule has 0 aromatic rings. The number of thioether (sulfide) groups is 3. The van der Waals surface area contributed by atoms with E-state index in [9.17, 15) is 14.4 Å². The molecule has 0 spiro atoms. The topological polar surface area (TPSA) is 78.9 Å². The van der Waals surface area contributed by atoms with E-state index < -0.39 is 5.41 Å². The lowest BCUT2D eigenvalue weighted by molar-refractivity contribution is -0.158. The number of carbonyl (C=O) groups is 3. The highest BCUT2D eigenvalue weighted by Gasteiger charge is 2.34. The van der Waals surface area contributed by atoms with E-state index in [1.807, 2.05) is 6.92 Å². The average molecular weight is 861 g/mol. The first-order chi connectivity index (χ1) is 27.9. The lowest BCUT2D eigenvalue weighted by Gasteiger charge is -2.31. The van der Waals surface area contributed by atoms with Crippen LogP contribution in [-0.2, 0) is 28.6 Å². The van der Waals surface area contributed by atoms with Crippen LogP contribution in [0.5, 0.6) is 0 Å². The zero-order chi connectivity index (χ0) is 41.8.